The fourth-order valence-electron chi connectivity index (χ4n) is 7.83. The molecule has 0 atom stereocenters. The Morgan fingerprint density at radius 2 is 0.978 bits per heavy atom. The molecule has 1 fully saturated rings. The van der Waals surface area contributed by atoms with Crippen molar-refractivity contribution >= 4 is 34.0 Å². The minimum Gasteiger partial charge on any atom is -0.309 e. The van der Waals surface area contributed by atoms with Crippen molar-refractivity contribution in [3.63, 3.8) is 0 Å². The Labute approximate surface area is 273 Å². The van der Waals surface area contributed by atoms with Crippen LogP contribution in [0.2, 0.25) is 12.6 Å². The van der Waals surface area contributed by atoms with Crippen LogP contribution in [0.1, 0.15) is 27.7 Å². The monoisotopic (exact) mass is 593 g/mol. The van der Waals surface area contributed by atoms with Gasteiger partial charge >= 0.3 is 0 Å². The first kappa shape index (κ1) is 28.6. The Hall–Kier alpha value is -4.82. The Morgan fingerprint density at radius 1 is 0.435 bits per heavy atom. The molecule has 0 bridgehead atoms. The summed E-state index contributed by atoms with van der Waals surface area (Å²) in [5.41, 5.74) is 13.2. The molecule has 0 unspecified atom stereocenters. The van der Waals surface area contributed by atoms with Crippen LogP contribution in [0.4, 0.5) is 0 Å². The summed E-state index contributed by atoms with van der Waals surface area (Å²) in [5, 5.41) is 2.56. The maximum atomic E-state index is 2.46. The third-order valence-corrected chi connectivity index (χ3v) is 11.1. The molecule has 46 heavy (non-hydrogen) atoms. The molecule has 1 nitrogen and oxygen atoms in total. The van der Waals surface area contributed by atoms with Gasteiger partial charge in [-0.3, -0.25) is 0 Å². The Balaban J connectivity index is 1.28. The molecule has 224 valence electrons. The maximum Gasteiger partial charge on any atom is 0.176 e. The zero-order valence-electron chi connectivity index (χ0n) is 27.3. The van der Waals surface area contributed by atoms with Crippen LogP contribution in [0.15, 0.2) is 146 Å². The van der Waals surface area contributed by atoms with Crippen molar-refractivity contribution in [2.45, 2.75) is 40.3 Å². The summed E-state index contributed by atoms with van der Waals surface area (Å²) < 4.78 is 2.45. The average molecular weight is 594 g/mol. The number of fused-ring (bicyclic) bond motifs is 3. The van der Waals surface area contributed by atoms with E-state index in [1.165, 1.54) is 79.0 Å². The van der Waals surface area contributed by atoms with Gasteiger partial charge in [-0.15, -0.1) is 0 Å². The predicted molar refractivity (Wildman–Crippen MR) is 200 cm³/mol. The van der Waals surface area contributed by atoms with E-state index in [-0.39, 0.29) is 0 Å². The number of aromatic nitrogens is 1. The Kier molecular flexibility index (Phi) is 6.80. The van der Waals surface area contributed by atoms with Crippen LogP contribution in [-0.4, -0.2) is 11.3 Å². The first-order valence-electron chi connectivity index (χ1n) is 16.7. The first-order chi connectivity index (χ1) is 22.3. The van der Waals surface area contributed by atoms with E-state index >= 15 is 0 Å². The fraction of sp³-hybridized carbons (Fsp3) is 0.182. The van der Waals surface area contributed by atoms with Crippen molar-refractivity contribution in [3.8, 4) is 39.1 Å². The molecular weight excluding hydrogens is 553 g/mol. The standard InChI is InChI=1S/C44H40BN/c1-43(2)29-45(30-44(43,3)4)37-19-13-18-33(25-37)34-22-23-42-40(28-34)39-20-11-12-21-41(39)46(42)38-26-35(31-14-7-5-8-15-31)24-36(27-38)32-16-9-6-10-17-32/h5-28H,29-30H2,1-4H3. The number of nitrogens with zero attached hydrogens (tertiary/aromatic N) is 1. The highest BCUT2D eigenvalue weighted by molar-refractivity contribution is 6.74. The van der Waals surface area contributed by atoms with E-state index in [0.717, 1.165) is 0 Å². The molecule has 0 amide bonds. The van der Waals surface area contributed by atoms with Gasteiger partial charge in [-0.05, 0) is 80.6 Å². The van der Waals surface area contributed by atoms with Gasteiger partial charge in [-0.1, -0.05) is 155 Å². The van der Waals surface area contributed by atoms with Crippen LogP contribution < -0.4 is 5.46 Å². The minimum atomic E-state index is 0.340. The molecule has 6 aromatic carbocycles. The van der Waals surface area contributed by atoms with E-state index in [2.05, 4.69) is 178 Å². The lowest BCUT2D eigenvalue weighted by Crippen LogP contribution is -2.27. The molecule has 7 aromatic rings. The lowest BCUT2D eigenvalue weighted by Gasteiger charge is -2.35. The van der Waals surface area contributed by atoms with Crippen molar-refractivity contribution < 1.29 is 0 Å². The van der Waals surface area contributed by atoms with Gasteiger partial charge < -0.3 is 4.57 Å². The third-order valence-electron chi connectivity index (χ3n) is 11.1. The van der Waals surface area contributed by atoms with Crippen LogP contribution in [-0.2, 0) is 0 Å². The molecule has 8 rings (SSSR count). The molecule has 1 aliphatic rings. The van der Waals surface area contributed by atoms with Gasteiger partial charge in [0.05, 0.1) is 11.0 Å². The van der Waals surface area contributed by atoms with Gasteiger partial charge in [0.2, 0.25) is 0 Å². The Bertz CT molecular complexity index is 2130. The van der Waals surface area contributed by atoms with Gasteiger partial charge in [-0.2, -0.15) is 0 Å². The Morgan fingerprint density at radius 3 is 1.63 bits per heavy atom. The minimum absolute atomic E-state index is 0.340. The van der Waals surface area contributed by atoms with E-state index in [0.29, 0.717) is 17.5 Å². The normalized spacial score (nSPS) is 15.5. The van der Waals surface area contributed by atoms with Gasteiger partial charge in [0.1, 0.15) is 0 Å². The molecule has 1 aliphatic heterocycles. The lowest BCUT2D eigenvalue weighted by atomic mass is 9.42. The van der Waals surface area contributed by atoms with Crippen molar-refractivity contribution in [1.29, 1.82) is 0 Å². The van der Waals surface area contributed by atoms with Gasteiger partial charge in [0.15, 0.2) is 6.71 Å². The zero-order valence-corrected chi connectivity index (χ0v) is 27.3. The molecule has 0 saturated carbocycles. The van der Waals surface area contributed by atoms with Crippen LogP contribution in [0.5, 0.6) is 0 Å². The summed E-state index contributed by atoms with van der Waals surface area (Å²) in [6.07, 6.45) is 2.48. The summed E-state index contributed by atoms with van der Waals surface area (Å²) in [6.45, 7) is 10.4. The third kappa shape index (κ3) is 4.88. The molecule has 0 spiro atoms. The van der Waals surface area contributed by atoms with Crippen LogP contribution in [0.25, 0.3) is 60.9 Å². The van der Waals surface area contributed by atoms with E-state index in [9.17, 15) is 0 Å². The molecule has 2 heterocycles. The summed E-state index contributed by atoms with van der Waals surface area (Å²) in [4.78, 5) is 0. The number of para-hydroxylation sites is 1. The molecule has 0 radical (unpaired) electrons. The molecular formula is C44H40BN. The quantitative estimate of drug-likeness (QED) is 0.175. The number of rotatable bonds is 5. The summed E-state index contributed by atoms with van der Waals surface area (Å²) in [5.74, 6) is 0. The van der Waals surface area contributed by atoms with Gasteiger partial charge in [0.25, 0.3) is 0 Å². The molecule has 0 aliphatic carbocycles. The number of hydrogen-bond donors (Lipinski definition) is 0. The zero-order chi connectivity index (χ0) is 31.5. The van der Waals surface area contributed by atoms with Crippen LogP contribution in [0.3, 0.4) is 0 Å². The first-order valence-corrected chi connectivity index (χ1v) is 16.7. The highest BCUT2D eigenvalue weighted by Gasteiger charge is 2.48. The van der Waals surface area contributed by atoms with E-state index in [1.807, 2.05) is 0 Å². The maximum absolute atomic E-state index is 2.46. The van der Waals surface area contributed by atoms with E-state index in [1.54, 1.807) is 0 Å². The van der Waals surface area contributed by atoms with Crippen LogP contribution in [0, 0.1) is 10.8 Å². The highest BCUT2D eigenvalue weighted by atomic mass is 15.0. The van der Waals surface area contributed by atoms with Crippen molar-refractivity contribution in [3.05, 3.63) is 146 Å². The summed E-state index contributed by atoms with van der Waals surface area (Å²) in [6, 6.07) is 53.7. The second kappa shape index (κ2) is 10.9. The van der Waals surface area contributed by atoms with Crippen molar-refractivity contribution in [2.75, 3.05) is 0 Å². The highest BCUT2D eigenvalue weighted by Crippen LogP contribution is 2.52. The molecule has 2 heteroatoms. The molecule has 0 N–H and O–H groups in total. The predicted octanol–water partition coefficient (Wildman–Crippen LogP) is 11.6. The van der Waals surface area contributed by atoms with Gasteiger partial charge in [-0.25, -0.2) is 0 Å². The smallest absolute Gasteiger partial charge is 0.176 e. The molecule has 1 saturated heterocycles. The topological polar surface area (TPSA) is 4.93 Å². The summed E-state index contributed by atoms with van der Waals surface area (Å²) >= 11 is 0. The lowest BCUT2D eigenvalue weighted by molar-refractivity contribution is 0.177. The van der Waals surface area contributed by atoms with Crippen LogP contribution >= 0.6 is 0 Å². The second-order valence-electron chi connectivity index (χ2n) is 14.6. The summed E-state index contributed by atoms with van der Waals surface area (Å²) in [7, 11) is 0. The van der Waals surface area contributed by atoms with Gasteiger partial charge in [0, 0.05) is 16.5 Å². The SMILES string of the molecule is CC1(C)CB(c2cccc(-c3ccc4c(c3)c3ccccc3n4-c3cc(-c4ccccc4)cc(-c4ccccc4)c3)c2)CC1(C)C. The second-order valence-corrected chi connectivity index (χ2v) is 14.6. The number of hydrogen-bond acceptors (Lipinski definition) is 0. The fourth-order valence-corrected chi connectivity index (χ4v) is 7.83. The van der Waals surface area contributed by atoms with Crippen molar-refractivity contribution in [2.24, 2.45) is 10.8 Å². The van der Waals surface area contributed by atoms with E-state index < -0.39 is 0 Å². The average Bonchev–Trinajstić information content (AvgIpc) is 3.53. The largest absolute Gasteiger partial charge is 0.309 e. The molecule has 1 aromatic heterocycles. The van der Waals surface area contributed by atoms with Crippen molar-refractivity contribution in [1.82, 2.24) is 4.57 Å². The van der Waals surface area contributed by atoms with E-state index in [4.69, 9.17) is 0 Å². The number of benzene rings is 6.